The summed E-state index contributed by atoms with van der Waals surface area (Å²) in [5, 5.41) is 0. The summed E-state index contributed by atoms with van der Waals surface area (Å²) in [5.41, 5.74) is 0. The second kappa shape index (κ2) is 5.58. The number of hydrogen-bond donors (Lipinski definition) is 0. The van der Waals surface area contributed by atoms with Crippen molar-refractivity contribution < 1.29 is 0 Å². The Bertz CT molecular complexity index is 312. The molecular weight excluding hydrogens is 303 g/mol. The summed E-state index contributed by atoms with van der Waals surface area (Å²) < 4.78 is 1.10. The number of thioether (sulfide) groups is 2. The van der Waals surface area contributed by atoms with Gasteiger partial charge in [0, 0.05) is 32.8 Å². The SMILES string of the molecule is ClCCSC12CCC(C1)C1CCCC12SCCCl. The minimum Gasteiger partial charge on any atom is -0.152 e. The Kier molecular flexibility index (Phi) is 4.41. The van der Waals surface area contributed by atoms with Gasteiger partial charge >= 0.3 is 0 Å². The van der Waals surface area contributed by atoms with Crippen molar-refractivity contribution in [3.63, 3.8) is 0 Å². The summed E-state index contributed by atoms with van der Waals surface area (Å²) in [6, 6.07) is 0. The molecule has 18 heavy (non-hydrogen) atoms. The van der Waals surface area contributed by atoms with Gasteiger partial charge in [0.25, 0.3) is 0 Å². The van der Waals surface area contributed by atoms with Crippen LogP contribution in [0.2, 0.25) is 0 Å². The minimum atomic E-state index is 0.546. The molecule has 0 aliphatic heterocycles. The lowest BCUT2D eigenvalue weighted by molar-refractivity contribution is 0.307. The van der Waals surface area contributed by atoms with Gasteiger partial charge in [0.2, 0.25) is 0 Å². The molecule has 4 atom stereocenters. The van der Waals surface area contributed by atoms with Gasteiger partial charge < -0.3 is 0 Å². The van der Waals surface area contributed by atoms with Crippen LogP contribution >= 0.6 is 46.7 Å². The quantitative estimate of drug-likeness (QED) is 0.629. The standard InChI is InChI=1S/C14H22Cl2S2/c15-6-8-17-13-5-3-11(10-13)12-2-1-4-14(12,13)18-9-7-16/h11-12H,1-10H2. The minimum absolute atomic E-state index is 0.546. The highest BCUT2D eigenvalue weighted by molar-refractivity contribution is 8.05. The number of rotatable bonds is 6. The fraction of sp³-hybridized carbons (Fsp3) is 1.00. The summed E-state index contributed by atoms with van der Waals surface area (Å²) in [5.74, 6) is 5.87. The van der Waals surface area contributed by atoms with Crippen LogP contribution in [0.5, 0.6) is 0 Å². The van der Waals surface area contributed by atoms with Crippen molar-refractivity contribution in [1.82, 2.24) is 0 Å². The molecule has 0 N–H and O–H groups in total. The normalized spacial score (nSPS) is 45.7. The molecule has 3 saturated carbocycles. The van der Waals surface area contributed by atoms with Crippen molar-refractivity contribution in [3.8, 4) is 0 Å². The lowest BCUT2D eigenvalue weighted by Crippen LogP contribution is -2.48. The van der Waals surface area contributed by atoms with Gasteiger partial charge in [-0.3, -0.25) is 0 Å². The van der Waals surface area contributed by atoms with Gasteiger partial charge in [-0.25, -0.2) is 0 Å². The fourth-order valence-electron chi connectivity index (χ4n) is 4.98. The van der Waals surface area contributed by atoms with E-state index >= 15 is 0 Å². The molecule has 3 aliphatic rings. The van der Waals surface area contributed by atoms with Gasteiger partial charge in [0.05, 0.1) is 0 Å². The summed E-state index contributed by atoms with van der Waals surface area (Å²) >= 11 is 16.3. The van der Waals surface area contributed by atoms with Gasteiger partial charge in [-0.1, -0.05) is 6.42 Å². The van der Waals surface area contributed by atoms with E-state index in [9.17, 15) is 0 Å². The molecule has 0 heterocycles. The van der Waals surface area contributed by atoms with Crippen LogP contribution in [0.3, 0.4) is 0 Å². The largest absolute Gasteiger partial charge is 0.152 e. The molecule has 3 rings (SSSR count). The van der Waals surface area contributed by atoms with E-state index in [0.717, 1.165) is 35.1 Å². The van der Waals surface area contributed by atoms with Crippen molar-refractivity contribution in [3.05, 3.63) is 0 Å². The van der Waals surface area contributed by atoms with E-state index in [1.54, 1.807) is 0 Å². The third kappa shape index (κ3) is 1.96. The van der Waals surface area contributed by atoms with E-state index in [0.29, 0.717) is 9.49 Å². The highest BCUT2D eigenvalue weighted by Crippen LogP contribution is 2.72. The number of alkyl halides is 2. The molecule has 0 nitrogen and oxygen atoms in total. The van der Waals surface area contributed by atoms with Gasteiger partial charge in [-0.15, -0.1) is 23.2 Å². The van der Waals surface area contributed by atoms with Crippen molar-refractivity contribution in [1.29, 1.82) is 0 Å². The summed E-state index contributed by atoms with van der Waals surface area (Å²) in [6.45, 7) is 0. The van der Waals surface area contributed by atoms with E-state index in [2.05, 4.69) is 23.5 Å². The Hall–Kier alpha value is 1.28. The summed E-state index contributed by atoms with van der Waals surface area (Å²) in [4.78, 5) is 0. The summed E-state index contributed by atoms with van der Waals surface area (Å²) in [7, 11) is 0. The van der Waals surface area contributed by atoms with Crippen LogP contribution in [0.4, 0.5) is 0 Å². The molecule has 0 aromatic heterocycles. The predicted octanol–water partition coefficient (Wildman–Crippen LogP) is 5.02. The van der Waals surface area contributed by atoms with Gasteiger partial charge in [0.15, 0.2) is 0 Å². The molecule has 0 saturated heterocycles. The zero-order chi connectivity index (χ0) is 12.6. The molecule has 3 fully saturated rings. The highest BCUT2D eigenvalue weighted by atomic mass is 35.5. The van der Waals surface area contributed by atoms with E-state index in [1.807, 2.05) is 0 Å². The highest BCUT2D eigenvalue weighted by Gasteiger charge is 2.68. The van der Waals surface area contributed by atoms with E-state index < -0.39 is 0 Å². The van der Waals surface area contributed by atoms with Gasteiger partial charge in [-0.05, 0) is 43.9 Å². The van der Waals surface area contributed by atoms with Crippen molar-refractivity contribution in [2.24, 2.45) is 11.8 Å². The summed E-state index contributed by atoms with van der Waals surface area (Å²) in [6.07, 6.45) is 8.73. The monoisotopic (exact) mass is 324 g/mol. The second-order valence-electron chi connectivity index (χ2n) is 5.96. The van der Waals surface area contributed by atoms with Crippen LogP contribution in [0.1, 0.15) is 38.5 Å². The third-order valence-corrected chi connectivity index (χ3v) is 9.88. The first-order chi connectivity index (χ1) is 8.78. The fourth-order valence-corrected chi connectivity index (χ4v) is 9.06. The zero-order valence-electron chi connectivity index (χ0n) is 10.8. The van der Waals surface area contributed by atoms with Crippen molar-refractivity contribution in [2.75, 3.05) is 23.3 Å². The maximum atomic E-state index is 5.97. The van der Waals surface area contributed by atoms with Crippen molar-refractivity contribution in [2.45, 2.75) is 48.0 Å². The van der Waals surface area contributed by atoms with Crippen LogP contribution in [-0.2, 0) is 0 Å². The Balaban J connectivity index is 1.85. The number of halogens is 2. The zero-order valence-corrected chi connectivity index (χ0v) is 13.9. The molecular formula is C14H22Cl2S2. The molecule has 0 spiro atoms. The van der Waals surface area contributed by atoms with Crippen LogP contribution in [-0.4, -0.2) is 32.8 Å². The average molecular weight is 325 g/mol. The topological polar surface area (TPSA) is 0 Å². The first kappa shape index (κ1) is 14.2. The molecule has 3 aliphatic carbocycles. The average Bonchev–Trinajstić information content (AvgIpc) is 3.04. The molecule has 2 bridgehead atoms. The predicted molar refractivity (Wildman–Crippen MR) is 86.5 cm³/mol. The van der Waals surface area contributed by atoms with Crippen LogP contribution in [0.25, 0.3) is 0 Å². The third-order valence-electron chi connectivity index (χ3n) is 5.41. The Labute approximate surface area is 129 Å². The molecule has 104 valence electrons. The Morgan fingerprint density at radius 1 is 1.00 bits per heavy atom. The smallest absolute Gasteiger partial charge is 0.0337 e. The second-order valence-corrected chi connectivity index (χ2v) is 9.62. The molecule has 0 radical (unpaired) electrons. The lowest BCUT2D eigenvalue weighted by Gasteiger charge is -2.47. The Morgan fingerprint density at radius 2 is 1.78 bits per heavy atom. The van der Waals surface area contributed by atoms with E-state index in [-0.39, 0.29) is 0 Å². The van der Waals surface area contributed by atoms with Gasteiger partial charge in [-0.2, -0.15) is 23.5 Å². The van der Waals surface area contributed by atoms with E-state index in [4.69, 9.17) is 23.2 Å². The maximum absolute atomic E-state index is 5.97. The molecule has 4 heteroatoms. The maximum Gasteiger partial charge on any atom is 0.0337 e. The van der Waals surface area contributed by atoms with Crippen molar-refractivity contribution >= 4 is 46.7 Å². The first-order valence-electron chi connectivity index (χ1n) is 7.18. The van der Waals surface area contributed by atoms with Crippen LogP contribution in [0.15, 0.2) is 0 Å². The van der Waals surface area contributed by atoms with Crippen LogP contribution in [0, 0.1) is 11.8 Å². The Morgan fingerprint density at radius 3 is 2.56 bits per heavy atom. The van der Waals surface area contributed by atoms with E-state index in [1.165, 1.54) is 38.5 Å². The number of hydrogen-bond acceptors (Lipinski definition) is 2. The van der Waals surface area contributed by atoms with Gasteiger partial charge in [0.1, 0.15) is 0 Å². The molecule has 0 aromatic carbocycles. The lowest BCUT2D eigenvalue weighted by atomic mass is 9.80. The first-order valence-corrected chi connectivity index (χ1v) is 10.2. The molecule has 0 aromatic rings. The van der Waals surface area contributed by atoms with Crippen LogP contribution < -0.4 is 0 Å². The number of fused-ring (bicyclic) bond motifs is 5. The molecule has 4 unspecified atom stereocenters. The molecule has 0 amide bonds.